The fourth-order valence-electron chi connectivity index (χ4n) is 2.38. The molecule has 0 aliphatic carbocycles. The van der Waals surface area contributed by atoms with E-state index in [1.807, 2.05) is 6.92 Å². The van der Waals surface area contributed by atoms with Gasteiger partial charge in [-0.3, -0.25) is 0 Å². The third-order valence-corrected chi connectivity index (χ3v) is 3.85. The highest BCUT2D eigenvalue weighted by Gasteiger charge is 2.22. The highest BCUT2D eigenvalue weighted by atomic mass is 16.6. The summed E-state index contributed by atoms with van der Waals surface area (Å²) in [6.45, 7) is 7.04. The van der Waals surface area contributed by atoms with Gasteiger partial charge in [0.05, 0.1) is 13.2 Å². The summed E-state index contributed by atoms with van der Waals surface area (Å²) in [5.74, 6) is -0.338. The Morgan fingerprint density at radius 1 is 0.750 bits per heavy atom. The summed E-state index contributed by atoms with van der Waals surface area (Å²) in [5, 5.41) is 2.65. The van der Waals surface area contributed by atoms with Gasteiger partial charge in [0.25, 0.3) is 0 Å². The van der Waals surface area contributed by atoms with Crippen molar-refractivity contribution in [3.8, 4) is 0 Å². The van der Waals surface area contributed by atoms with Crippen LogP contribution < -0.4 is 5.32 Å². The highest BCUT2D eigenvalue weighted by Crippen LogP contribution is 2.09. The Kier molecular flexibility index (Phi) is 15.7. The molecule has 24 heavy (non-hydrogen) atoms. The van der Waals surface area contributed by atoms with Crippen LogP contribution in [-0.2, 0) is 14.3 Å². The van der Waals surface area contributed by atoms with Crippen LogP contribution in [0.4, 0.5) is 4.79 Å². The Morgan fingerprint density at radius 2 is 1.38 bits per heavy atom. The second kappa shape index (κ2) is 16.6. The van der Waals surface area contributed by atoms with E-state index in [9.17, 15) is 9.59 Å². The molecule has 142 valence electrons. The predicted molar refractivity (Wildman–Crippen MR) is 97.0 cm³/mol. The molecule has 0 radical (unpaired) electrons. The number of alkyl carbamates (subject to hydrolysis) is 1. The van der Waals surface area contributed by atoms with Crippen molar-refractivity contribution in [1.82, 2.24) is 5.32 Å². The quantitative estimate of drug-likeness (QED) is 0.336. The number of carbonyl (C=O) groups excluding carboxylic acids is 2. The molecule has 5 heteroatoms. The zero-order valence-corrected chi connectivity index (χ0v) is 15.9. The van der Waals surface area contributed by atoms with Crippen molar-refractivity contribution in [1.29, 1.82) is 0 Å². The van der Waals surface area contributed by atoms with Crippen molar-refractivity contribution in [3.63, 3.8) is 0 Å². The predicted octanol–water partition coefficient (Wildman–Crippen LogP) is 4.98. The molecule has 0 rings (SSSR count). The lowest BCUT2D eigenvalue weighted by atomic mass is 10.1. The van der Waals surface area contributed by atoms with Crippen molar-refractivity contribution < 1.29 is 19.1 Å². The highest BCUT2D eigenvalue weighted by molar-refractivity contribution is 5.81. The molecule has 0 heterocycles. The lowest BCUT2D eigenvalue weighted by Crippen LogP contribution is -2.42. The minimum absolute atomic E-state index is 0.338. The van der Waals surface area contributed by atoms with Crippen LogP contribution in [-0.4, -0.2) is 31.3 Å². The van der Waals surface area contributed by atoms with Gasteiger partial charge in [-0.25, -0.2) is 9.59 Å². The number of rotatable bonds is 15. The molecule has 5 nitrogen and oxygen atoms in total. The first kappa shape index (κ1) is 22.7. The van der Waals surface area contributed by atoms with Crippen molar-refractivity contribution in [2.45, 2.75) is 97.4 Å². The summed E-state index contributed by atoms with van der Waals surface area (Å²) in [6.07, 6.45) is 10.6. The summed E-state index contributed by atoms with van der Waals surface area (Å²) in [5.41, 5.74) is 0. The topological polar surface area (TPSA) is 64.6 Å². The molecular weight excluding hydrogens is 306 g/mol. The zero-order valence-electron chi connectivity index (χ0n) is 15.9. The molecule has 0 saturated heterocycles. The molecule has 0 saturated carbocycles. The lowest BCUT2D eigenvalue weighted by molar-refractivity contribution is -0.146. The fraction of sp³-hybridized carbons (Fsp3) is 0.895. The van der Waals surface area contributed by atoms with E-state index in [1.54, 1.807) is 0 Å². The van der Waals surface area contributed by atoms with Gasteiger partial charge in [0.15, 0.2) is 0 Å². The van der Waals surface area contributed by atoms with Crippen LogP contribution in [0.1, 0.15) is 91.4 Å². The molecule has 0 aromatic rings. The van der Waals surface area contributed by atoms with Crippen LogP contribution >= 0.6 is 0 Å². The third kappa shape index (κ3) is 13.2. The molecule has 1 N–H and O–H groups in total. The zero-order chi connectivity index (χ0) is 18.0. The summed E-state index contributed by atoms with van der Waals surface area (Å²) in [4.78, 5) is 23.9. The third-order valence-electron chi connectivity index (χ3n) is 3.85. The SMILES string of the molecule is CCCCCCCOC(=O)C(CCCCCC)NC(=O)OCCC. The minimum Gasteiger partial charge on any atom is -0.464 e. The molecule has 0 aliphatic heterocycles. The monoisotopic (exact) mass is 343 g/mol. The smallest absolute Gasteiger partial charge is 0.407 e. The second-order valence-corrected chi connectivity index (χ2v) is 6.26. The molecule has 0 aliphatic rings. The van der Waals surface area contributed by atoms with Gasteiger partial charge in [0.1, 0.15) is 6.04 Å². The van der Waals surface area contributed by atoms with Crippen LogP contribution in [0.5, 0.6) is 0 Å². The van der Waals surface area contributed by atoms with Gasteiger partial charge in [-0.1, -0.05) is 72.1 Å². The number of amides is 1. The Hall–Kier alpha value is -1.26. The van der Waals surface area contributed by atoms with E-state index < -0.39 is 12.1 Å². The van der Waals surface area contributed by atoms with Crippen molar-refractivity contribution in [2.24, 2.45) is 0 Å². The van der Waals surface area contributed by atoms with Gasteiger partial charge in [-0.2, -0.15) is 0 Å². The van der Waals surface area contributed by atoms with E-state index in [0.29, 0.717) is 19.6 Å². The first-order chi connectivity index (χ1) is 11.7. The maximum Gasteiger partial charge on any atom is 0.407 e. The van der Waals surface area contributed by atoms with E-state index in [1.165, 1.54) is 19.3 Å². The largest absolute Gasteiger partial charge is 0.464 e. The van der Waals surface area contributed by atoms with Crippen LogP contribution in [0, 0.1) is 0 Å². The molecule has 0 spiro atoms. The van der Waals surface area contributed by atoms with E-state index in [2.05, 4.69) is 19.2 Å². The lowest BCUT2D eigenvalue weighted by Gasteiger charge is -2.17. The first-order valence-electron chi connectivity index (χ1n) is 9.75. The fourth-order valence-corrected chi connectivity index (χ4v) is 2.38. The number of nitrogens with one attached hydrogen (secondary N) is 1. The second-order valence-electron chi connectivity index (χ2n) is 6.26. The van der Waals surface area contributed by atoms with Gasteiger partial charge < -0.3 is 14.8 Å². The van der Waals surface area contributed by atoms with Crippen molar-refractivity contribution in [3.05, 3.63) is 0 Å². The number of hydrogen-bond donors (Lipinski definition) is 1. The average molecular weight is 344 g/mol. The summed E-state index contributed by atoms with van der Waals surface area (Å²) in [7, 11) is 0. The molecule has 0 aromatic carbocycles. The van der Waals surface area contributed by atoms with Gasteiger partial charge in [-0.05, 0) is 19.3 Å². The minimum atomic E-state index is -0.596. The standard InChI is InChI=1S/C19H37NO4/c1-4-7-9-11-13-16-23-18(21)17(14-12-10-8-5-2)20-19(22)24-15-6-3/h17H,4-16H2,1-3H3,(H,20,22). The summed E-state index contributed by atoms with van der Waals surface area (Å²) in [6, 6.07) is -0.596. The Labute approximate surface area is 147 Å². The molecule has 0 bridgehead atoms. The van der Waals surface area contributed by atoms with Crippen molar-refractivity contribution in [2.75, 3.05) is 13.2 Å². The van der Waals surface area contributed by atoms with Gasteiger partial charge in [0.2, 0.25) is 0 Å². The van der Waals surface area contributed by atoms with Crippen LogP contribution in [0.25, 0.3) is 0 Å². The number of carbonyl (C=O) groups is 2. The number of unbranched alkanes of at least 4 members (excludes halogenated alkanes) is 7. The Bertz CT molecular complexity index is 320. The van der Waals surface area contributed by atoms with Crippen LogP contribution in [0.15, 0.2) is 0 Å². The Morgan fingerprint density at radius 3 is 2.00 bits per heavy atom. The molecule has 0 aromatic heterocycles. The normalized spacial score (nSPS) is 11.8. The summed E-state index contributed by atoms with van der Waals surface area (Å²) < 4.78 is 10.3. The van der Waals surface area contributed by atoms with E-state index in [-0.39, 0.29) is 5.97 Å². The number of hydrogen-bond acceptors (Lipinski definition) is 4. The van der Waals surface area contributed by atoms with Gasteiger partial charge >= 0.3 is 12.1 Å². The average Bonchev–Trinajstić information content (AvgIpc) is 2.58. The number of esters is 1. The molecule has 0 fully saturated rings. The molecule has 1 unspecified atom stereocenters. The van der Waals surface area contributed by atoms with E-state index in [4.69, 9.17) is 9.47 Å². The maximum atomic E-state index is 12.2. The van der Waals surface area contributed by atoms with E-state index in [0.717, 1.165) is 44.9 Å². The van der Waals surface area contributed by atoms with Gasteiger partial charge in [0, 0.05) is 0 Å². The molecule has 1 amide bonds. The van der Waals surface area contributed by atoms with Crippen LogP contribution in [0.3, 0.4) is 0 Å². The maximum absolute atomic E-state index is 12.2. The van der Waals surface area contributed by atoms with Gasteiger partial charge in [-0.15, -0.1) is 0 Å². The molecule has 1 atom stereocenters. The van der Waals surface area contributed by atoms with Crippen LogP contribution in [0.2, 0.25) is 0 Å². The van der Waals surface area contributed by atoms with Crippen molar-refractivity contribution >= 4 is 12.1 Å². The number of ether oxygens (including phenoxy) is 2. The summed E-state index contributed by atoms with van der Waals surface area (Å²) >= 11 is 0. The molecular formula is C19H37NO4. The first-order valence-corrected chi connectivity index (χ1v) is 9.75. The van der Waals surface area contributed by atoms with E-state index >= 15 is 0 Å². The Balaban J connectivity index is 4.17.